The molecule has 0 aromatic heterocycles. The van der Waals surface area contributed by atoms with Gasteiger partial charge in [-0.3, -0.25) is 4.79 Å². The van der Waals surface area contributed by atoms with E-state index in [1.807, 2.05) is 0 Å². The van der Waals surface area contributed by atoms with E-state index in [4.69, 9.17) is 0 Å². The maximum atomic E-state index is 9.66. The number of rotatable bonds is 1. The Balaban J connectivity index is 3.98. The largest absolute Gasteiger partial charge is 0.284 e. The van der Waals surface area contributed by atoms with Crippen LogP contribution in [-0.2, 0) is 4.79 Å². The molecule has 0 aromatic rings. The molecule has 0 aliphatic heterocycles. The van der Waals surface area contributed by atoms with E-state index in [1.165, 1.54) is 0 Å². The average molecular weight is 292 g/mol. The topological polar surface area (TPSA) is 17.1 Å². The number of hydrogen-bond donors (Lipinski definition) is 0. The van der Waals surface area contributed by atoms with Crippen molar-refractivity contribution in [3.8, 4) is 0 Å². The molecule has 0 bridgehead atoms. The zero-order chi connectivity index (χ0) is 5.86. The fourth-order valence-corrected chi connectivity index (χ4v) is 0.200. The minimum absolute atomic E-state index is 0.354. The quantitative estimate of drug-likeness (QED) is 0.678. The Kier molecular flexibility index (Phi) is 4.27. The van der Waals surface area contributed by atoms with Gasteiger partial charge in [-0.1, -0.05) is 0 Å². The van der Waals surface area contributed by atoms with Gasteiger partial charge >= 0.3 is 0 Å². The van der Waals surface area contributed by atoms with Crippen molar-refractivity contribution in [3.05, 3.63) is 7.87 Å². The highest BCUT2D eigenvalue weighted by Gasteiger charge is 1.92. The molecule has 0 heterocycles. The standard InChI is InChI=1S/C3Br3O/c4-2(1-7)3(5)6. The number of allylic oxidation sites excluding steroid dienone is 1. The van der Waals surface area contributed by atoms with Gasteiger partial charge in [0.15, 0.2) is 0 Å². The van der Waals surface area contributed by atoms with Crippen LogP contribution < -0.4 is 0 Å². The minimum Gasteiger partial charge on any atom is -0.284 e. The highest BCUT2D eigenvalue weighted by atomic mass is 79.9. The van der Waals surface area contributed by atoms with Crippen LogP contribution in [0.1, 0.15) is 0 Å². The van der Waals surface area contributed by atoms with Crippen LogP contribution >= 0.6 is 47.8 Å². The molecule has 0 unspecified atom stereocenters. The van der Waals surface area contributed by atoms with Gasteiger partial charge in [0.25, 0.3) is 0 Å². The van der Waals surface area contributed by atoms with Crippen molar-refractivity contribution in [2.45, 2.75) is 0 Å². The summed E-state index contributed by atoms with van der Waals surface area (Å²) < 4.78 is 0.933. The number of hydrogen-bond acceptors (Lipinski definition) is 1. The molecule has 39 valence electrons. The summed E-state index contributed by atoms with van der Waals surface area (Å²) in [5, 5.41) is 0. The van der Waals surface area contributed by atoms with Crippen LogP contribution in [0.3, 0.4) is 0 Å². The first kappa shape index (κ1) is 7.85. The van der Waals surface area contributed by atoms with Crippen molar-refractivity contribution < 1.29 is 4.79 Å². The van der Waals surface area contributed by atoms with Crippen LogP contribution in [0.15, 0.2) is 7.87 Å². The van der Waals surface area contributed by atoms with Crippen LogP contribution in [0, 0.1) is 0 Å². The molecule has 0 atom stereocenters. The van der Waals surface area contributed by atoms with Gasteiger partial charge in [0.1, 0.15) is 0 Å². The van der Waals surface area contributed by atoms with Gasteiger partial charge in [-0.2, -0.15) is 0 Å². The molecular weight excluding hydrogens is 292 g/mol. The molecule has 0 amide bonds. The molecular formula is C3Br3O. The normalized spacial score (nSPS) is 7.86. The Bertz CT molecular complexity index is 103. The lowest BCUT2D eigenvalue weighted by atomic mass is 10.7. The van der Waals surface area contributed by atoms with E-state index in [0.29, 0.717) is 7.87 Å². The molecule has 0 aromatic carbocycles. The molecule has 0 N–H and O–H groups in total. The van der Waals surface area contributed by atoms with Gasteiger partial charge in [-0.25, -0.2) is 0 Å². The van der Waals surface area contributed by atoms with Crippen LogP contribution in [0.25, 0.3) is 0 Å². The lowest BCUT2D eigenvalue weighted by Crippen LogP contribution is -1.67. The highest BCUT2D eigenvalue weighted by molar-refractivity contribution is 9.29. The van der Waals surface area contributed by atoms with E-state index < -0.39 is 0 Å². The Morgan fingerprint density at radius 2 is 1.71 bits per heavy atom. The molecule has 1 radical (unpaired) electrons. The van der Waals surface area contributed by atoms with E-state index in [-0.39, 0.29) is 0 Å². The third-order valence-corrected chi connectivity index (χ3v) is 2.67. The molecule has 1 nitrogen and oxygen atoms in total. The number of halogens is 3. The van der Waals surface area contributed by atoms with E-state index in [1.54, 1.807) is 6.29 Å². The molecule has 0 saturated heterocycles. The van der Waals surface area contributed by atoms with Crippen molar-refractivity contribution in [1.29, 1.82) is 0 Å². The molecule has 0 aliphatic carbocycles. The second-order valence-corrected chi connectivity index (χ2v) is 4.12. The monoisotopic (exact) mass is 289 g/mol. The molecule has 0 spiro atoms. The van der Waals surface area contributed by atoms with Crippen molar-refractivity contribution in [2.75, 3.05) is 0 Å². The van der Waals surface area contributed by atoms with E-state index in [2.05, 4.69) is 47.8 Å². The Hall–Kier alpha value is 0.850. The molecule has 4 heteroatoms. The van der Waals surface area contributed by atoms with Crippen molar-refractivity contribution in [2.24, 2.45) is 0 Å². The van der Waals surface area contributed by atoms with Crippen molar-refractivity contribution >= 4 is 54.1 Å². The van der Waals surface area contributed by atoms with Gasteiger partial charge in [0, 0.05) is 0 Å². The van der Waals surface area contributed by atoms with Crippen molar-refractivity contribution in [1.82, 2.24) is 0 Å². The fourth-order valence-electron chi connectivity index (χ4n) is 0.0386. The SMILES string of the molecule is O=[C]C(Br)=C(Br)Br. The summed E-state index contributed by atoms with van der Waals surface area (Å²) in [5.74, 6) is 0. The number of carbonyl (C=O) groups excluding carboxylic acids is 1. The lowest BCUT2D eigenvalue weighted by Gasteiger charge is -1.78. The Morgan fingerprint density at radius 3 is 1.71 bits per heavy atom. The summed E-state index contributed by atoms with van der Waals surface area (Å²) in [5.41, 5.74) is 0. The Labute approximate surface area is 66.5 Å². The van der Waals surface area contributed by atoms with Crippen LogP contribution in [0.4, 0.5) is 0 Å². The van der Waals surface area contributed by atoms with Gasteiger partial charge < -0.3 is 0 Å². The van der Waals surface area contributed by atoms with Crippen molar-refractivity contribution in [3.63, 3.8) is 0 Å². The molecule has 0 aliphatic rings. The van der Waals surface area contributed by atoms with E-state index in [9.17, 15) is 4.79 Å². The molecule has 7 heavy (non-hydrogen) atoms. The van der Waals surface area contributed by atoms with Gasteiger partial charge in [0.2, 0.25) is 6.29 Å². The zero-order valence-electron chi connectivity index (χ0n) is 3.04. The van der Waals surface area contributed by atoms with Crippen LogP contribution in [-0.4, -0.2) is 6.29 Å². The maximum absolute atomic E-state index is 9.66. The average Bonchev–Trinajstić information content (AvgIpc) is 1.65. The third kappa shape index (κ3) is 3.43. The summed E-state index contributed by atoms with van der Waals surface area (Å²) in [6, 6.07) is 0. The summed E-state index contributed by atoms with van der Waals surface area (Å²) in [4.78, 5) is 9.66. The second-order valence-electron chi connectivity index (χ2n) is 0.676. The van der Waals surface area contributed by atoms with Gasteiger partial charge in [-0.05, 0) is 47.8 Å². The summed E-state index contributed by atoms with van der Waals surface area (Å²) in [7, 11) is 0. The molecule has 0 rings (SSSR count). The third-order valence-electron chi connectivity index (χ3n) is 0.256. The summed E-state index contributed by atoms with van der Waals surface area (Å²) in [6.45, 7) is 0. The molecule has 0 fully saturated rings. The second kappa shape index (κ2) is 3.80. The predicted octanol–water partition coefficient (Wildman–Crippen LogP) is 2.45. The van der Waals surface area contributed by atoms with Crippen LogP contribution in [0.5, 0.6) is 0 Å². The maximum Gasteiger partial charge on any atom is 0.242 e. The summed E-state index contributed by atoms with van der Waals surface area (Å²) >= 11 is 8.88. The minimum atomic E-state index is 0.354. The first-order chi connectivity index (χ1) is 3.18. The molecule has 0 saturated carbocycles. The van der Waals surface area contributed by atoms with E-state index in [0.717, 1.165) is 0 Å². The predicted molar refractivity (Wildman–Crippen MR) is 39.5 cm³/mol. The van der Waals surface area contributed by atoms with Gasteiger partial charge in [-0.15, -0.1) is 0 Å². The first-order valence-electron chi connectivity index (χ1n) is 1.27. The fraction of sp³-hybridized carbons (Fsp3) is 0. The summed E-state index contributed by atoms with van der Waals surface area (Å²) in [6.07, 6.45) is 1.62. The highest BCUT2D eigenvalue weighted by Crippen LogP contribution is 2.21. The van der Waals surface area contributed by atoms with E-state index >= 15 is 0 Å². The van der Waals surface area contributed by atoms with Gasteiger partial charge in [0.05, 0.1) is 7.87 Å². The first-order valence-corrected chi connectivity index (χ1v) is 3.65. The smallest absolute Gasteiger partial charge is 0.242 e. The van der Waals surface area contributed by atoms with Crippen LogP contribution in [0.2, 0.25) is 0 Å². The zero-order valence-corrected chi connectivity index (χ0v) is 7.80. The Morgan fingerprint density at radius 1 is 1.29 bits per heavy atom. The lowest BCUT2D eigenvalue weighted by molar-refractivity contribution is 0.564.